The molecule has 0 spiro atoms. The van der Waals surface area contributed by atoms with Crippen LogP contribution in [-0.2, 0) is 4.74 Å². The summed E-state index contributed by atoms with van der Waals surface area (Å²) in [5, 5.41) is 27.8. The van der Waals surface area contributed by atoms with E-state index in [2.05, 4.69) is 4.74 Å². The number of esters is 1. The molecule has 0 aliphatic rings. The van der Waals surface area contributed by atoms with Crippen molar-refractivity contribution in [1.29, 1.82) is 5.26 Å². The van der Waals surface area contributed by atoms with E-state index in [4.69, 9.17) is 16.1 Å². The molecule has 0 saturated heterocycles. The molecular formula is C14H10FN3O5. The first-order chi connectivity index (χ1) is 10.8. The predicted octanol–water partition coefficient (Wildman–Crippen LogP) is 1.26. The number of aromatic hydroxyl groups is 1. The van der Waals surface area contributed by atoms with Crippen LogP contribution >= 0.6 is 0 Å². The summed E-state index contributed by atoms with van der Waals surface area (Å²) < 4.78 is 19.2. The van der Waals surface area contributed by atoms with Crippen molar-refractivity contribution in [3.05, 3.63) is 41.0 Å². The Morgan fingerprint density at radius 1 is 1.43 bits per heavy atom. The molecule has 0 amide bonds. The minimum Gasteiger partial charge on any atom is -0.503 e. The highest BCUT2D eigenvalue weighted by molar-refractivity contribution is 5.96. The van der Waals surface area contributed by atoms with E-state index in [1.807, 2.05) is 0 Å². The molecular weight excluding hydrogens is 309 g/mol. The van der Waals surface area contributed by atoms with Crippen LogP contribution in [0.2, 0.25) is 0 Å². The minimum absolute atomic E-state index is 0.120. The van der Waals surface area contributed by atoms with Crippen molar-refractivity contribution in [2.45, 2.75) is 0 Å². The van der Waals surface area contributed by atoms with Crippen LogP contribution in [0.4, 0.5) is 10.1 Å². The Balaban J connectivity index is 2.84. The van der Waals surface area contributed by atoms with E-state index >= 15 is 0 Å². The number of nitrogens with two attached hydrogens (primary N) is 1. The van der Waals surface area contributed by atoms with Crippen molar-refractivity contribution in [1.82, 2.24) is 4.57 Å². The molecule has 0 fully saturated rings. The molecule has 1 heterocycles. The van der Waals surface area contributed by atoms with E-state index in [0.29, 0.717) is 6.07 Å². The summed E-state index contributed by atoms with van der Waals surface area (Å²) in [5.41, 5.74) is 4.16. The zero-order valence-corrected chi connectivity index (χ0v) is 11.7. The largest absolute Gasteiger partial charge is 0.503 e. The van der Waals surface area contributed by atoms with Crippen LogP contribution in [-0.4, -0.2) is 33.8 Å². The monoisotopic (exact) mass is 319 g/mol. The van der Waals surface area contributed by atoms with Gasteiger partial charge in [-0.25, -0.2) is 14.0 Å². The van der Waals surface area contributed by atoms with E-state index in [0.717, 1.165) is 23.9 Å². The molecule has 1 aromatic heterocycles. The lowest BCUT2D eigenvalue weighted by atomic mass is 10.1. The lowest BCUT2D eigenvalue weighted by Crippen LogP contribution is -2.12. The molecule has 0 aliphatic heterocycles. The van der Waals surface area contributed by atoms with Gasteiger partial charge in [0.2, 0.25) is 0 Å². The fraction of sp³-hybridized carbons (Fsp3) is 0.0714. The van der Waals surface area contributed by atoms with Crippen molar-refractivity contribution in [3.63, 3.8) is 0 Å². The highest BCUT2D eigenvalue weighted by Crippen LogP contribution is 2.32. The summed E-state index contributed by atoms with van der Waals surface area (Å²) in [6, 6.07) is 3.29. The molecule has 0 unspecified atom stereocenters. The predicted molar refractivity (Wildman–Crippen MR) is 74.8 cm³/mol. The van der Waals surface area contributed by atoms with Gasteiger partial charge in [-0.1, -0.05) is 0 Å². The molecule has 0 bridgehead atoms. The van der Waals surface area contributed by atoms with Crippen LogP contribution in [0.25, 0.3) is 5.69 Å². The summed E-state index contributed by atoms with van der Waals surface area (Å²) in [5.74, 6) is -4.49. The lowest BCUT2D eigenvalue weighted by Gasteiger charge is -2.11. The molecule has 0 radical (unpaired) electrons. The Kier molecular flexibility index (Phi) is 3.92. The van der Waals surface area contributed by atoms with Gasteiger partial charge in [0.15, 0.2) is 17.3 Å². The number of benzene rings is 1. The Labute approximate surface area is 128 Å². The number of phenolic OH excluding ortho intramolecular Hbond substituents is 1. The van der Waals surface area contributed by atoms with Crippen molar-refractivity contribution in [2.75, 3.05) is 12.8 Å². The van der Waals surface area contributed by atoms with E-state index in [9.17, 15) is 19.1 Å². The topological polar surface area (TPSA) is 139 Å². The Hall–Kier alpha value is -3.54. The molecule has 1 aromatic carbocycles. The van der Waals surface area contributed by atoms with Gasteiger partial charge in [-0.3, -0.25) is 0 Å². The maximum atomic E-state index is 13.8. The van der Waals surface area contributed by atoms with Crippen LogP contribution in [0, 0.1) is 17.1 Å². The number of carbonyl (C=O) groups is 2. The standard InChI is InChI=1S/C14H10FN3O5/c1-23-14(22)11-10(17)7(4-16)5-18(11)9-3-6(13(20)21)2-8(15)12(9)19/h2-3,5,19H,17H2,1H3,(H,20,21). The minimum atomic E-state index is -1.44. The number of nitrogen functional groups attached to an aromatic ring is 1. The third kappa shape index (κ3) is 2.53. The maximum absolute atomic E-state index is 13.8. The molecule has 2 aromatic rings. The molecule has 4 N–H and O–H groups in total. The first-order valence-corrected chi connectivity index (χ1v) is 6.07. The second kappa shape index (κ2) is 5.69. The van der Waals surface area contributed by atoms with E-state index in [1.54, 1.807) is 6.07 Å². The third-order valence-corrected chi connectivity index (χ3v) is 3.09. The number of carboxylic acids is 1. The Bertz CT molecular complexity index is 866. The SMILES string of the molecule is COC(=O)c1c(N)c(C#N)cn1-c1cc(C(=O)O)cc(F)c1O. The average molecular weight is 319 g/mol. The summed E-state index contributed by atoms with van der Waals surface area (Å²) in [4.78, 5) is 22.9. The number of ether oxygens (including phenoxy) is 1. The van der Waals surface area contributed by atoms with E-state index < -0.39 is 29.1 Å². The van der Waals surface area contributed by atoms with Gasteiger partial charge in [0.25, 0.3) is 0 Å². The van der Waals surface area contributed by atoms with Crippen molar-refractivity contribution in [3.8, 4) is 17.5 Å². The summed E-state index contributed by atoms with van der Waals surface area (Å²) >= 11 is 0. The smallest absolute Gasteiger partial charge is 0.357 e. The number of rotatable bonds is 3. The van der Waals surface area contributed by atoms with Crippen molar-refractivity contribution in [2.24, 2.45) is 0 Å². The molecule has 9 heteroatoms. The molecule has 2 rings (SSSR count). The van der Waals surface area contributed by atoms with Crippen LogP contribution in [0.1, 0.15) is 26.4 Å². The zero-order valence-electron chi connectivity index (χ0n) is 11.7. The van der Waals surface area contributed by atoms with Crippen molar-refractivity contribution < 1.29 is 28.9 Å². The number of carboxylic acid groups (broad SMARTS) is 1. The lowest BCUT2D eigenvalue weighted by molar-refractivity contribution is 0.0592. The van der Waals surface area contributed by atoms with Crippen LogP contribution in [0.3, 0.4) is 0 Å². The van der Waals surface area contributed by atoms with E-state index in [-0.39, 0.29) is 22.6 Å². The molecule has 0 atom stereocenters. The van der Waals surface area contributed by atoms with Crippen LogP contribution < -0.4 is 5.73 Å². The number of methoxy groups -OCH3 is 1. The van der Waals surface area contributed by atoms with Gasteiger partial charge >= 0.3 is 11.9 Å². The van der Waals surface area contributed by atoms with Crippen molar-refractivity contribution >= 4 is 17.6 Å². The zero-order chi connectivity index (χ0) is 17.3. The second-order valence-electron chi connectivity index (χ2n) is 4.41. The number of aromatic nitrogens is 1. The first-order valence-electron chi connectivity index (χ1n) is 6.07. The number of nitrogens with zero attached hydrogens (tertiary/aromatic N) is 2. The highest BCUT2D eigenvalue weighted by atomic mass is 19.1. The number of aromatic carboxylic acids is 1. The average Bonchev–Trinajstić information content (AvgIpc) is 2.85. The Morgan fingerprint density at radius 3 is 2.61 bits per heavy atom. The molecule has 118 valence electrons. The fourth-order valence-corrected chi connectivity index (χ4v) is 2.00. The molecule has 0 saturated carbocycles. The van der Waals surface area contributed by atoms with Gasteiger partial charge in [-0.15, -0.1) is 0 Å². The second-order valence-corrected chi connectivity index (χ2v) is 4.41. The number of phenols is 1. The number of halogens is 1. The number of hydrogen-bond donors (Lipinski definition) is 3. The molecule has 8 nitrogen and oxygen atoms in total. The van der Waals surface area contributed by atoms with Gasteiger partial charge in [-0.2, -0.15) is 5.26 Å². The van der Waals surface area contributed by atoms with Crippen LogP contribution in [0.15, 0.2) is 18.3 Å². The van der Waals surface area contributed by atoms with E-state index in [1.165, 1.54) is 0 Å². The van der Waals surface area contributed by atoms with Gasteiger partial charge in [0.1, 0.15) is 6.07 Å². The van der Waals surface area contributed by atoms with Gasteiger partial charge < -0.3 is 25.3 Å². The maximum Gasteiger partial charge on any atom is 0.357 e. The summed E-state index contributed by atoms with van der Waals surface area (Å²) in [6.07, 6.45) is 1.07. The number of anilines is 1. The molecule has 23 heavy (non-hydrogen) atoms. The number of hydrogen-bond acceptors (Lipinski definition) is 6. The fourth-order valence-electron chi connectivity index (χ4n) is 2.00. The third-order valence-electron chi connectivity index (χ3n) is 3.09. The first kappa shape index (κ1) is 15.8. The quantitative estimate of drug-likeness (QED) is 0.724. The summed E-state index contributed by atoms with van der Waals surface area (Å²) in [7, 11) is 1.07. The Morgan fingerprint density at radius 2 is 2.09 bits per heavy atom. The van der Waals surface area contributed by atoms with Crippen LogP contribution in [0.5, 0.6) is 5.75 Å². The highest BCUT2D eigenvalue weighted by Gasteiger charge is 2.25. The van der Waals surface area contributed by atoms with Gasteiger partial charge in [-0.05, 0) is 12.1 Å². The van der Waals surface area contributed by atoms with Gasteiger partial charge in [0, 0.05) is 6.20 Å². The normalized spacial score (nSPS) is 10.1. The number of nitriles is 1. The number of carbonyl (C=O) groups excluding carboxylic acids is 1. The summed E-state index contributed by atoms with van der Waals surface area (Å²) in [6.45, 7) is 0. The van der Waals surface area contributed by atoms with Gasteiger partial charge in [0.05, 0.1) is 29.6 Å². The molecule has 0 aliphatic carbocycles.